The third-order valence-corrected chi connectivity index (χ3v) is 5.16. The fourth-order valence-corrected chi connectivity index (χ4v) is 3.14. The molecule has 0 bridgehead atoms. The van der Waals surface area contributed by atoms with Crippen molar-refractivity contribution in [3.05, 3.63) is 82.9 Å². The number of ketones is 1. The van der Waals surface area contributed by atoms with Gasteiger partial charge in [-0.25, -0.2) is 13.6 Å². The van der Waals surface area contributed by atoms with Gasteiger partial charge in [0.15, 0.2) is 0 Å². The highest BCUT2D eigenvalue weighted by molar-refractivity contribution is 7.89. The van der Waals surface area contributed by atoms with Crippen LogP contribution in [0.1, 0.15) is 33.0 Å². The van der Waals surface area contributed by atoms with Crippen molar-refractivity contribution in [1.29, 1.82) is 0 Å². The summed E-state index contributed by atoms with van der Waals surface area (Å²) >= 11 is 0. The van der Waals surface area contributed by atoms with Crippen molar-refractivity contribution >= 4 is 15.8 Å². The number of carbonyl (C=O) groups excluding carboxylic acids is 1. The molecule has 0 unspecified atom stereocenters. The van der Waals surface area contributed by atoms with Gasteiger partial charge >= 0.3 is 0 Å². The van der Waals surface area contributed by atoms with E-state index in [1.54, 1.807) is 12.1 Å². The largest absolute Gasteiger partial charge is 0.345 e. The van der Waals surface area contributed by atoms with Crippen LogP contribution in [-0.4, -0.2) is 23.8 Å². The molecule has 0 radical (unpaired) electrons. The number of sulfonamides is 1. The van der Waals surface area contributed by atoms with Crippen LogP contribution >= 0.6 is 0 Å². The summed E-state index contributed by atoms with van der Waals surface area (Å²) in [6.07, 6.45) is 1.72. The number of aryl methyl sites for hydroxylation is 1. The van der Waals surface area contributed by atoms with Gasteiger partial charge in [0.1, 0.15) is 4.90 Å². The van der Waals surface area contributed by atoms with Crippen molar-refractivity contribution in [3.8, 4) is 0 Å². The van der Waals surface area contributed by atoms with Gasteiger partial charge in [0.2, 0.25) is 15.8 Å². The Balaban J connectivity index is 1.83. The molecule has 3 rings (SSSR count). The first-order chi connectivity index (χ1) is 12.3. The van der Waals surface area contributed by atoms with E-state index in [0.29, 0.717) is 23.4 Å². The van der Waals surface area contributed by atoms with E-state index in [0.717, 1.165) is 11.3 Å². The molecule has 26 heavy (non-hydrogen) atoms. The molecular formula is C19H19N3O3S. The molecule has 134 valence electrons. The van der Waals surface area contributed by atoms with Crippen molar-refractivity contribution in [2.24, 2.45) is 12.2 Å². The zero-order valence-electron chi connectivity index (χ0n) is 14.5. The molecule has 0 spiro atoms. The summed E-state index contributed by atoms with van der Waals surface area (Å²) in [6, 6.07) is 14.2. The van der Waals surface area contributed by atoms with E-state index in [1.807, 2.05) is 48.9 Å². The second kappa shape index (κ2) is 6.86. The fraction of sp³-hybridized carbons (Fsp3) is 0.158. The Morgan fingerprint density at radius 2 is 1.77 bits per heavy atom. The second-order valence-electron chi connectivity index (χ2n) is 6.17. The number of aromatic nitrogens is 2. The predicted octanol–water partition coefficient (Wildman–Crippen LogP) is 2.20. The molecule has 2 N–H and O–H groups in total. The van der Waals surface area contributed by atoms with Crippen LogP contribution in [0.25, 0.3) is 0 Å². The first-order valence-electron chi connectivity index (χ1n) is 7.99. The number of primary sulfonamides is 1. The molecule has 6 nitrogen and oxygen atoms in total. The number of pyridine rings is 1. The quantitative estimate of drug-likeness (QED) is 0.698. The number of nitrogens with zero attached hydrogens (tertiary/aromatic N) is 2. The summed E-state index contributed by atoms with van der Waals surface area (Å²) in [5.41, 5.74) is 3.91. The molecule has 0 atom stereocenters. The van der Waals surface area contributed by atoms with Crippen molar-refractivity contribution < 1.29 is 13.2 Å². The van der Waals surface area contributed by atoms with Gasteiger partial charge in [0, 0.05) is 36.6 Å². The third-order valence-electron chi connectivity index (χ3n) is 4.26. The molecule has 7 heteroatoms. The Bertz CT molecular complexity index is 1050. The zero-order valence-corrected chi connectivity index (χ0v) is 15.3. The fourth-order valence-electron chi connectivity index (χ4n) is 2.68. The van der Waals surface area contributed by atoms with Gasteiger partial charge < -0.3 is 4.57 Å². The highest BCUT2D eigenvalue weighted by Gasteiger charge is 2.15. The lowest BCUT2D eigenvalue weighted by Crippen LogP contribution is -2.13. The Hall–Kier alpha value is -2.77. The first-order valence-corrected chi connectivity index (χ1v) is 9.54. The van der Waals surface area contributed by atoms with Crippen LogP contribution in [0.15, 0.2) is 59.6 Å². The molecule has 0 fully saturated rings. The van der Waals surface area contributed by atoms with Crippen LogP contribution in [0, 0.1) is 6.92 Å². The standard InChI is InChI=1S/C19H19N3O3S/c1-13-3-5-14(6-4-13)19(23)18-10-8-16(22(18)2)11-15-7-9-17(12-21-15)26(20,24)25/h3-10,12H,11H2,1-2H3,(H2,20,24,25). The van der Waals surface area contributed by atoms with Gasteiger partial charge in [-0.1, -0.05) is 29.8 Å². The third kappa shape index (κ3) is 3.74. The van der Waals surface area contributed by atoms with Crippen molar-refractivity contribution in [2.75, 3.05) is 0 Å². The van der Waals surface area contributed by atoms with Crippen molar-refractivity contribution in [1.82, 2.24) is 9.55 Å². The Morgan fingerprint density at radius 1 is 1.08 bits per heavy atom. The van der Waals surface area contributed by atoms with E-state index < -0.39 is 10.0 Å². The van der Waals surface area contributed by atoms with E-state index in [9.17, 15) is 13.2 Å². The minimum absolute atomic E-state index is 0.0247. The molecule has 1 aromatic carbocycles. The minimum Gasteiger partial charge on any atom is -0.345 e. The van der Waals surface area contributed by atoms with Gasteiger partial charge in [-0.3, -0.25) is 9.78 Å². The van der Waals surface area contributed by atoms with Gasteiger partial charge in [-0.2, -0.15) is 0 Å². The van der Waals surface area contributed by atoms with Gasteiger partial charge in [0.25, 0.3) is 0 Å². The average Bonchev–Trinajstić information content (AvgIpc) is 2.95. The number of carbonyl (C=O) groups is 1. The van der Waals surface area contributed by atoms with Gasteiger partial charge in [-0.05, 0) is 31.2 Å². The van der Waals surface area contributed by atoms with E-state index in [2.05, 4.69) is 4.98 Å². The van der Waals surface area contributed by atoms with Crippen LogP contribution in [0.5, 0.6) is 0 Å². The molecule has 3 aromatic rings. The molecule has 0 aliphatic carbocycles. The molecule has 0 aliphatic heterocycles. The summed E-state index contributed by atoms with van der Waals surface area (Å²) in [6.45, 7) is 1.98. The maximum Gasteiger partial charge on any atom is 0.239 e. The number of rotatable bonds is 5. The lowest BCUT2D eigenvalue weighted by Gasteiger charge is -2.08. The van der Waals surface area contributed by atoms with Crippen molar-refractivity contribution in [2.45, 2.75) is 18.2 Å². The molecule has 2 aromatic heterocycles. The molecule has 0 aliphatic rings. The first kappa shape index (κ1) is 18.0. The molecule has 0 saturated carbocycles. The Labute approximate surface area is 152 Å². The van der Waals surface area contributed by atoms with E-state index in [1.165, 1.54) is 12.3 Å². The topological polar surface area (TPSA) is 95.1 Å². The lowest BCUT2D eigenvalue weighted by atomic mass is 10.1. The van der Waals surface area contributed by atoms with Gasteiger partial charge in [-0.15, -0.1) is 0 Å². The monoisotopic (exact) mass is 369 g/mol. The summed E-state index contributed by atoms with van der Waals surface area (Å²) in [5.74, 6) is -0.0451. The number of hydrogen-bond donors (Lipinski definition) is 1. The summed E-state index contributed by atoms with van der Waals surface area (Å²) in [7, 11) is -1.93. The zero-order chi connectivity index (χ0) is 18.9. The smallest absolute Gasteiger partial charge is 0.239 e. The van der Waals surface area contributed by atoms with Gasteiger partial charge in [0.05, 0.1) is 5.69 Å². The highest BCUT2D eigenvalue weighted by Crippen LogP contribution is 2.17. The van der Waals surface area contributed by atoms with Crippen LogP contribution in [0.2, 0.25) is 0 Å². The molecule has 2 heterocycles. The lowest BCUT2D eigenvalue weighted by molar-refractivity contribution is 0.103. The second-order valence-corrected chi connectivity index (χ2v) is 7.73. The summed E-state index contributed by atoms with van der Waals surface area (Å²) in [4.78, 5) is 16.8. The number of benzene rings is 1. The number of hydrogen-bond acceptors (Lipinski definition) is 4. The summed E-state index contributed by atoms with van der Waals surface area (Å²) in [5, 5.41) is 5.08. The minimum atomic E-state index is -3.75. The predicted molar refractivity (Wildman–Crippen MR) is 98.4 cm³/mol. The maximum atomic E-state index is 12.7. The highest BCUT2D eigenvalue weighted by atomic mass is 32.2. The van der Waals surface area contributed by atoms with Crippen LogP contribution in [-0.2, 0) is 23.5 Å². The van der Waals surface area contributed by atoms with E-state index in [4.69, 9.17) is 5.14 Å². The van der Waals surface area contributed by atoms with Crippen LogP contribution < -0.4 is 5.14 Å². The maximum absolute atomic E-state index is 12.7. The normalized spacial score (nSPS) is 11.5. The van der Waals surface area contributed by atoms with E-state index >= 15 is 0 Å². The molecule has 0 saturated heterocycles. The molecule has 0 amide bonds. The SMILES string of the molecule is Cc1ccc(C(=O)c2ccc(Cc3ccc(S(N)(=O)=O)cn3)n2C)cc1. The van der Waals surface area contributed by atoms with Crippen LogP contribution in [0.3, 0.4) is 0 Å². The Kier molecular flexibility index (Phi) is 4.76. The van der Waals surface area contributed by atoms with E-state index in [-0.39, 0.29) is 10.7 Å². The molecular weight excluding hydrogens is 350 g/mol. The Morgan fingerprint density at radius 3 is 2.35 bits per heavy atom. The average molecular weight is 369 g/mol. The number of nitrogens with two attached hydrogens (primary N) is 1. The van der Waals surface area contributed by atoms with Crippen LogP contribution in [0.4, 0.5) is 0 Å². The summed E-state index contributed by atoms with van der Waals surface area (Å²) < 4.78 is 24.4. The van der Waals surface area contributed by atoms with Crippen molar-refractivity contribution in [3.63, 3.8) is 0 Å².